The average molecular weight is 226 g/mol. The minimum atomic E-state index is -0.405. The van der Waals surface area contributed by atoms with Crippen molar-refractivity contribution in [1.29, 1.82) is 0 Å². The predicted molar refractivity (Wildman–Crippen MR) is 64.6 cm³/mol. The first-order chi connectivity index (χ1) is 7.25. The summed E-state index contributed by atoms with van der Waals surface area (Å²) in [6.07, 6.45) is 3.25. The van der Waals surface area contributed by atoms with Crippen molar-refractivity contribution in [2.75, 3.05) is 11.4 Å². The summed E-state index contributed by atoms with van der Waals surface area (Å²) in [5.74, 6) is 0. The van der Waals surface area contributed by atoms with Gasteiger partial charge >= 0.3 is 5.37 Å². The quantitative estimate of drug-likeness (QED) is 0.421. The lowest BCUT2D eigenvalue weighted by atomic mass is 10.2. The molecule has 0 radical (unpaired) electrons. The maximum atomic E-state index is 11.2. The van der Waals surface area contributed by atoms with Crippen molar-refractivity contribution in [3.63, 3.8) is 0 Å². The Labute approximate surface area is 95.8 Å². The molecule has 1 amide bonds. The molecule has 1 aromatic rings. The molecular formula is C12H16ClNO. The van der Waals surface area contributed by atoms with Crippen LogP contribution in [-0.4, -0.2) is 11.9 Å². The Hall–Kier alpha value is -1.02. The van der Waals surface area contributed by atoms with Gasteiger partial charge in [-0.3, -0.25) is 9.69 Å². The van der Waals surface area contributed by atoms with Crippen LogP contribution in [-0.2, 0) is 0 Å². The van der Waals surface area contributed by atoms with E-state index in [1.165, 1.54) is 0 Å². The zero-order chi connectivity index (χ0) is 11.1. The van der Waals surface area contributed by atoms with E-state index in [-0.39, 0.29) is 0 Å². The first-order valence-corrected chi connectivity index (χ1v) is 5.65. The van der Waals surface area contributed by atoms with E-state index < -0.39 is 5.37 Å². The van der Waals surface area contributed by atoms with E-state index in [0.717, 1.165) is 24.9 Å². The second-order valence-corrected chi connectivity index (χ2v) is 3.77. The molecule has 82 valence electrons. The summed E-state index contributed by atoms with van der Waals surface area (Å²) in [5.41, 5.74) is 0.869. The third-order valence-electron chi connectivity index (χ3n) is 2.27. The molecule has 0 aliphatic heterocycles. The summed E-state index contributed by atoms with van der Waals surface area (Å²) >= 11 is 5.54. The van der Waals surface area contributed by atoms with Gasteiger partial charge in [0.1, 0.15) is 0 Å². The Morgan fingerprint density at radius 1 is 1.27 bits per heavy atom. The SMILES string of the molecule is CCCCCN(C(=O)Cl)c1ccccc1. The van der Waals surface area contributed by atoms with E-state index >= 15 is 0 Å². The van der Waals surface area contributed by atoms with Gasteiger partial charge in [0.05, 0.1) is 0 Å². The molecule has 0 unspecified atom stereocenters. The van der Waals surface area contributed by atoms with Crippen LogP contribution in [0.4, 0.5) is 10.5 Å². The topological polar surface area (TPSA) is 20.3 Å². The van der Waals surface area contributed by atoms with Crippen LogP contribution < -0.4 is 4.90 Å². The van der Waals surface area contributed by atoms with E-state index in [9.17, 15) is 4.79 Å². The van der Waals surface area contributed by atoms with Gasteiger partial charge in [-0.15, -0.1) is 0 Å². The highest BCUT2D eigenvalue weighted by molar-refractivity contribution is 6.66. The highest BCUT2D eigenvalue weighted by Gasteiger charge is 2.11. The lowest BCUT2D eigenvalue weighted by Gasteiger charge is -2.19. The number of amides is 1. The van der Waals surface area contributed by atoms with Gasteiger partial charge in [0.2, 0.25) is 0 Å². The van der Waals surface area contributed by atoms with Gasteiger partial charge in [0, 0.05) is 12.2 Å². The molecule has 0 aliphatic carbocycles. The average Bonchev–Trinajstić information content (AvgIpc) is 2.25. The van der Waals surface area contributed by atoms with Crippen molar-refractivity contribution >= 4 is 22.7 Å². The standard InChI is InChI=1S/C12H16ClNO/c1-2-3-7-10-14(12(13)15)11-8-5-4-6-9-11/h4-6,8-9H,2-3,7,10H2,1H3. The highest BCUT2D eigenvalue weighted by Crippen LogP contribution is 2.16. The zero-order valence-electron chi connectivity index (χ0n) is 8.95. The molecule has 0 aromatic heterocycles. The smallest absolute Gasteiger partial charge is 0.299 e. The van der Waals surface area contributed by atoms with Gasteiger partial charge in [0.25, 0.3) is 0 Å². The minimum absolute atomic E-state index is 0.405. The molecule has 0 spiro atoms. The van der Waals surface area contributed by atoms with Gasteiger partial charge in [0.15, 0.2) is 0 Å². The third-order valence-corrected chi connectivity index (χ3v) is 2.47. The Balaban J connectivity index is 2.62. The van der Waals surface area contributed by atoms with Crippen LogP contribution in [0.25, 0.3) is 0 Å². The number of anilines is 1. The fraction of sp³-hybridized carbons (Fsp3) is 0.417. The fourth-order valence-electron chi connectivity index (χ4n) is 1.45. The molecular weight excluding hydrogens is 210 g/mol. The number of rotatable bonds is 5. The highest BCUT2D eigenvalue weighted by atomic mass is 35.5. The van der Waals surface area contributed by atoms with Crippen LogP contribution in [0.1, 0.15) is 26.2 Å². The second-order valence-electron chi connectivity index (χ2n) is 3.45. The molecule has 0 saturated heterocycles. The summed E-state index contributed by atoms with van der Waals surface area (Å²) in [7, 11) is 0. The van der Waals surface area contributed by atoms with E-state index in [1.54, 1.807) is 4.90 Å². The predicted octanol–water partition coefficient (Wildman–Crippen LogP) is 4.04. The molecule has 3 heteroatoms. The van der Waals surface area contributed by atoms with Crippen molar-refractivity contribution in [3.05, 3.63) is 30.3 Å². The summed E-state index contributed by atoms with van der Waals surface area (Å²) in [6.45, 7) is 2.83. The van der Waals surface area contributed by atoms with Gasteiger partial charge < -0.3 is 0 Å². The monoisotopic (exact) mass is 225 g/mol. The first-order valence-electron chi connectivity index (χ1n) is 5.27. The lowest BCUT2D eigenvalue weighted by molar-refractivity contribution is 0.264. The van der Waals surface area contributed by atoms with Crippen LogP contribution in [0, 0.1) is 0 Å². The third kappa shape index (κ3) is 3.92. The van der Waals surface area contributed by atoms with E-state index in [2.05, 4.69) is 6.92 Å². The zero-order valence-corrected chi connectivity index (χ0v) is 9.70. The van der Waals surface area contributed by atoms with Crippen molar-refractivity contribution in [2.24, 2.45) is 0 Å². The van der Waals surface area contributed by atoms with E-state index in [1.807, 2.05) is 30.3 Å². The van der Waals surface area contributed by atoms with Crippen LogP contribution in [0.2, 0.25) is 0 Å². The Kier molecular flexibility index (Phi) is 5.19. The maximum Gasteiger partial charge on any atom is 0.320 e. The Morgan fingerprint density at radius 3 is 2.47 bits per heavy atom. The lowest BCUT2D eigenvalue weighted by Crippen LogP contribution is -2.26. The first kappa shape index (κ1) is 12.1. The number of carbonyl (C=O) groups excluding carboxylic acids is 1. The van der Waals surface area contributed by atoms with Crippen molar-refractivity contribution in [1.82, 2.24) is 0 Å². The molecule has 0 aliphatic rings. The van der Waals surface area contributed by atoms with Crippen molar-refractivity contribution < 1.29 is 4.79 Å². The van der Waals surface area contributed by atoms with Crippen molar-refractivity contribution in [2.45, 2.75) is 26.2 Å². The molecule has 2 nitrogen and oxygen atoms in total. The summed E-state index contributed by atoms with van der Waals surface area (Å²) in [5, 5.41) is -0.405. The second kappa shape index (κ2) is 6.46. The molecule has 0 atom stereocenters. The largest absolute Gasteiger partial charge is 0.320 e. The van der Waals surface area contributed by atoms with E-state index in [4.69, 9.17) is 11.6 Å². The molecule has 15 heavy (non-hydrogen) atoms. The molecule has 1 rings (SSSR count). The molecule has 0 bridgehead atoms. The van der Waals surface area contributed by atoms with Gasteiger partial charge in [-0.1, -0.05) is 38.0 Å². The fourth-order valence-corrected chi connectivity index (χ4v) is 1.63. The van der Waals surface area contributed by atoms with Crippen LogP contribution in [0.5, 0.6) is 0 Å². The number of hydrogen-bond donors (Lipinski definition) is 0. The molecule has 0 heterocycles. The Morgan fingerprint density at radius 2 is 1.93 bits per heavy atom. The summed E-state index contributed by atoms with van der Waals surface area (Å²) in [6, 6.07) is 9.52. The molecule has 1 aromatic carbocycles. The number of benzene rings is 1. The molecule has 0 N–H and O–H groups in total. The molecule has 0 saturated carbocycles. The number of carbonyl (C=O) groups is 1. The number of para-hydroxylation sites is 1. The number of nitrogens with zero attached hydrogens (tertiary/aromatic N) is 1. The van der Waals surface area contributed by atoms with Gasteiger partial charge in [-0.05, 0) is 30.2 Å². The van der Waals surface area contributed by atoms with Crippen LogP contribution >= 0.6 is 11.6 Å². The number of hydrogen-bond acceptors (Lipinski definition) is 1. The molecule has 0 fully saturated rings. The van der Waals surface area contributed by atoms with Gasteiger partial charge in [-0.2, -0.15) is 0 Å². The van der Waals surface area contributed by atoms with Crippen LogP contribution in [0.15, 0.2) is 30.3 Å². The maximum absolute atomic E-state index is 11.2. The summed E-state index contributed by atoms with van der Waals surface area (Å²) in [4.78, 5) is 12.8. The minimum Gasteiger partial charge on any atom is -0.299 e. The number of halogens is 1. The summed E-state index contributed by atoms with van der Waals surface area (Å²) < 4.78 is 0. The van der Waals surface area contributed by atoms with Gasteiger partial charge in [-0.25, -0.2) is 0 Å². The normalized spacial score (nSPS) is 10.0. The van der Waals surface area contributed by atoms with Crippen LogP contribution in [0.3, 0.4) is 0 Å². The Bertz CT molecular complexity index is 300. The van der Waals surface area contributed by atoms with E-state index in [0.29, 0.717) is 6.54 Å². The van der Waals surface area contributed by atoms with Crippen molar-refractivity contribution in [3.8, 4) is 0 Å². The number of unbranched alkanes of at least 4 members (excludes halogenated alkanes) is 2.